The number of fused-ring (bicyclic) bond motifs is 1. The van der Waals surface area contributed by atoms with Gasteiger partial charge in [0.25, 0.3) is 5.91 Å². The monoisotopic (exact) mass is 692 g/mol. The maximum Gasteiger partial charge on any atom is 0.251 e. The summed E-state index contributed by atoms with van der Waals surface area (Å²) in [4.78, 5) is 31.0. The van der Waals surface area contributed by atoms with E-state index in [9.17, 15) is 9.59 Å². The minimum atomic E-state index is -0.392. The van der Waals surface area contributed by atoms with Crippen molar-refractivity contribution in [2.45, 2.75) is 32.5 Å². The van der Waals surface area contributed by atoms with Crippen LogP contribution in [0.2, 0.25) is 0 Å². The third-order valence-electron chi connectivity index (χ3n) is 6.78. The standard InChI is InChI=1S/C33H36N6O7S2/c1-6-44-25-15-20(16-26(45-7-2)30(25)46-8-3)31(41)34-18-28-37-38-33(39(28)23-17-21(42-4)13-14-24(23)43-5)47-19-29(40)36-32-35-22-11-9-10-12-27(22)48-32/h9-17H,6-8,18-19H2,1-5H3,(H,34,41)(H,35,36,40). The second kappa shape index (κ2) is 16.2. The highest BCUT2D eigenvalue weighted by atomic mass is 32.2. The molecule has 5 aromatic rings. The van der Waals surface area contributed by atoms with Gasteiger partial charge in [-0.25, -0.2) is 4.98 Å². The van der Waals surface area contributed by atoms with E-state index in [4.69, 9.17) is 23.7 Å². The molecule has 252 valence electrons. The molecule has 0 bridgehead atoms. The number of nitrogens with zero attached hydrogens (tertiary/aromatic N) is 4. The van der Waals surface area contributed by atoms with Crippen molar-refractivity contribution in [2.24, 2.45) is 0 Å². The van der Waals surface area contributed by atoms with E-state index in [1.165, 1.54) is 23.1 Å². The molecule has 0 fully saturated rings. The lowest BCUT2D eigenvalue weighted by molar-refractivity contribution is -0.113. The number of para-hydroxylation sites is 1. The Morgan fingerprint density at radius 2 is 1.60 bits per heavy atom. The van der Waals surface area contributed by atoms with Crippen LogP contribution in [0.3, 0.4) is 0 Å². The number of anilines is 1. The highest BCUT2D eigenvalue weighted by molar-refractivity contribution is 7.99. The van der Waals surface area contributed by atoms with Crippen LogP contribution in [0.4, 0.5) is 5.13 Å². The van der Waals surface area contributed by atoms with E-state index in [1.54, 1.807) is 49.1 Å². The van der Waals surface area contributed by atoms with E-state index >= 15 is 0 Å². The van der Waals surface area contributed by atoms with Crippen molar-refractivity contribution in [3.8, 4) is 34.4 Å². The fourth-order valence-electron chi connectivity index (χ4n) is 4.71. The van der Waals surface area contributed by atoms with Crippen LogP contribution in [-0.2, 0) is 11.3 Å². The van der Waals surface area contributed by atoms with E-state index in [1.807, 2.05) is 45.0 Å². The maximum atomic E-state index is 13.5. The van der Waals surface area contributed by atoms with Crippen LogP contribution in [0, 0.1) is 0 Å². The number of rotatable bonds is 16. The zero-order chi connectivity index (χ0) is 34.0. The molecule has 3 aromatic carbocycles. The molecule has 0 aliphatic carbocycles. The number of amides is 2. The average Bonchev–Trinajstić information content (AvgIpc) is 3.70. The summed E-state index contributed by atoms with van der Waals surface area (Å²) in [6.45, 7) is 6.71. The molecule has 0 saturated carbocycles. The summed E-state index contributed by atoms with van der Waals surface area (Å²) in [7, 11) is 3.11. The molecule has 0 saturated heterocycles. The molecule has 2 N–H and O–H groups in total. The number of carbonyl (C=O) groups excluding carboxylic acids is 2. The van der Waals surface area contributed by atoms with Crippen molar-refractivity contribution in [2.75, 3.05) is 45.1 Å². The summed E-state index contributed by atoms with van der Waals surface area (Å²) in [5, 5.41) is 15.5. The molecule has 15 heteroatoms. The van der Waals surface area contributed by atoms with E-state index in [-0.39, 0.29) is 18.2 Å². The summed E-state index contributed by atoms with van der Waals surface area (Å²) in [5.41, 5.74) is 1.70. The fourth-order valence-corrected chi connectivity index (χ4v) is 6.36. The second-order valence-electron chi connectivity index (χ2n) is 9.88. The van der Waals surface area contributed by atoms with Gasteiger partial charge in [-0.05, 0) is 57.2 Å². The largest absolute Gasteiger partial charge is 0.497 e. The van der Waals surface area contributed by atoms with Gasteiger partial charge in [0.15, 0.2) is 27.6 Å². The number of thiazole rings is 1. The fraction of sp³-hybridized carbons (Fsp3) is 0.303. The number of benzene rings is 3. The van der Waals surface area contributed by atoms with Crippen molar-refractivity contribution in [3.63, 3.8) is 0 Å². The summed E-state index contributed by atoms with van der Waals surface area (Å²) in [6, 6.07) is 16.2. The minimum Gasteiger partial charge on any atom is -0.497 e. The molecule has 5 rings (SSSR count). The average molecular weight is 693 g/mol. The maximum absolute atomic E-state index is 13.5. The predicted molar refractivity (Wildman–Crippen MR) is 185 cm³/mol. The summed E-state index contributed by atoms with van der Waals surface area (Å²) in [6.07, 6.45) is 0. The summed E-state index contributed by atoms with van der Waals surface area (Å²) >= 11 is 2.58. The highest BCUT2D eigenvalue weighted by Crippen LogP contribution is 2.39. The zero-order valence-corrected chi connectivity index (χ0v) is 28.8. The number of hydrogen-bond donors (Lipinski definition) is 2. The van der Waals surface area contributed by atoms with Gasteiger partial charge in [0, 0.05) is 11.6 Å². The summed E-state index contributed by atoms with van der Waals surface area (Å²) in [5.74, 6) is 2.10. The Bertz CT molecular complexity index is 1830. The van der Waals surface area contributed by atoms with Gasteiger partial charge >= 0.3 is 0 Å². The topological polar surface area (TPSA) is 148 Å². The molecular formula is C33H36N6O7S2. The van der Waals surface area contributed by atoms with Crippen molar-refractivity contribution in [1.82, 2.24) is 25.1 Å². The van der Waals surface area contributed by atoms with Crippen LogP contribution in [0.15, 0.2) is 59.8 Å². The highest BCUT2D eigenvalue weighted by Gasteiger charge is 2.22. The Hall–Kier alpha value is -5.02. The van der Waals surface area contributed by atoms with Gasteiger partial charge in [0.2, 0.25) is 11.7 Å². The van der Waals surface area contributed by atoms with Gasteiger partial charge in [0.1, 0.15) is 11.5 Å². The second-order valence-corrected chi connectivity index (χ2v) is 11.9. The number of carbonyl (C=O) groups is 2. The Morgan fingerprint density at radius 1 is 0.875 bits per heavy atom. The third-order valence-corrected chi connectivity index (χ3v) is 8.66. The lowest BCUT2D eigenvalue weighted by Gasteiger charge is -2.17. The first kappa shape index (κ1) is 34.3. The number of ether oxygens (including phenoxy) is 5. The van der Waals surface area contributed by atoms with Crippen LogP contribution in [0.25, 0.3) is 15.9 Å². The number of hydrogen-bond acceptors (Lipinski definition) is 12. The molecule has 0 spiro atoms. The van der Waals surface area contributed by atoms with Crippen molar-refractivity contribution >= 4 is 50.3 Å². The van der Waals surface area contributed by atoms with E-state index in [0.717, 1.165) is 10.2 Å². The molecule has 2 amide bonds. The van der Waals surface area contributed by atoms with Crippen LogP contribution in [-0.4, -0.2) is 71.4 Å². The van der Waals surface area contributed by atoms with Gasteiger partial charge in [-0.1, -0.05) is 35.2 Å². The summed E-state index contributed by atoms with van der Waals surface area (Å²) < 4.78 is 31.2. The number of thioether (sulfide) groups is 1. The zero-order valence-electron chi connectivity index (χ0n) is 27.2. The van der Waals surface area contributed by atoms with Crippen molar-refractivity contribution in [3.05, 3.63) is 66.0 Å². The van der Waals surface area contributed by atoms with E-state index in [2.05, 4.69) is 25.8 Å². The molecule has 2 aromatic heterocycles. The van der Waals surface area contributed by atoms with Gasteiger partial charge in [-0.15, -0.1) is 10.2 Å². The SMILES string of the molecule is CCOc1cc(C(=O)NCc2nnc(SCC(=O)Nc3nc4ccccc4s3)n2-c2cc(OC)ccc2OC)cc(OCC)c1OCC. The molecule has 0 aliphatic heterocycles. The number of methoxy groups -OCH3 is 2. The quantitative estimate of drug-likeness (QED) is 0.122. The first-order valence-electron chi connectivity index (χ1n) is 15.2. The first-order chi connectivity index (χ1) is 23.4. The molecule has 48 heavy (non-hydrogen) atoms. The van der Waals surface area contributed by atoms with Crippen LogP contribution >= 0.6 is 23.1 Å². The predicted octanol–water partition coefficient (Wildman–Crippen LogP) is 5.75. The Balaban J connectivity index is 1.40. The van der Waals surface area contributed by atoms with Gasteiger partial charge in [0.05, 0.1) is 62.2 Å². The smallest absolute Gasteiger partial charge is 0.251 e. The van der Waals surface area contributed by atoms with Crippen molar-refractivity contribution < 1.29 is 33.3 Å². The molecule has 0 radical (unpaired) electrons. The minimum absolute atomic E-state index is 0.00813. The molecule has 0 unspecified atom stereocenters. The van der Waals surface area contributed by atoms with E-state index < -0.39 is 5.91 Å². The lowest BCUT2D eigenvalue weighted by Crippen LogP contribution is -2.25. The molecule has 0 aliphatic rings. The molecule has 2 heterocycles. The molecular weight excluding hydrogens is 657 g/mol. The Morgan fingerprint density at radius 3 is 2.27 bits per heavy atom. The van der Waals surface area contributed by atoms with E-state index in [0.29, 0.717) is 75.9 Å². The molecule has 0 atom stereocenters. The van der Waals surface area contributed by atoms with Crippen LogP contribution in [0.5, 0.6) is 28.7 Å². The first-order valence-corrected chi connectivity index (χ1v) is 17.0. The van der Waals surface area contributed by atoms with Crippen LogP contribution in [0.1, 0.15) is 37.0 Å². The normalized spacial score (nSPS) is 10.9. The molecule has 13 nitrogen and oxygen atoms in total. The van der Waals surface area contributed by atoms with Crippen LogP contribution < -0.4 is 34.3 Å². The van der Waals surface area contributed by atoms with Gasteiger partial charge < -0.3 is 34.3 Å². The Kier molecular flexibility index (Phi) is 11.6. The van der Waals surface area contributed by atoms with Crippen molar-refractivity contribution in [1.29, 1.82) is 0 Å². The van der Waals surface area contributed by atoms with Gasteiger partial charge in [-0.3, -0.25) is 14.2 Å². The van der Waals surface area contributed by atoms with Gasteiger partial charge in [-0.2, -0.15) is 0 Å². The number of aromatic nitrogens is 4. The number of nitrogens with one attached hydrogen (secondary N) is 2. The lowest BCUT2D eigenvalue weighted by atomic mass is 10.1. The Labute approximate surface area is 285 Å². The third kappa shape index (κ3) is 7.91.